The molecule has 1 amide bonds. The zero-order chi connectivity index (χ0) is 13.7. The average molecular weight is 262 g/mol. The van der Waals surface area contributed by atoms with Crippen molar-refractivity contribution in [2.45, 2.75) is 19.3 Å². The van der Waals surface area contributed by atoms with Crippen LogP contribution in [-0.4, -0.2) is 37.6 Å². The maximum atomic E-state index is 11.5. The van der Waals surface area contributed by atoms with Crippen molar-refractivity contribution < 1.29 is 9.53 Å². The van der Waals surface area contributed by atoms with Gasteiger partial charge in [0.15, 0.2) is 0 Å². The minimum absolute atomic E-state index is 0.0655. The highest BCUT2D eigenvalue weighted by Gasteiger charge is 2.22. The molecule has 0 aromatic heterocycles. The summed E-state index contributed by atoms with van der Waals surface area (Å²) in [5.74, 6) is 1.65. The van der Waals surface area contributed by atoms with Gasteiger partial charge in [-0.05, 0) is 36.8 Å². The fourth-order valence-corrected chi connectivity index (χ4v) is 2.70. The van der Waals surface area contributed by atoms with Gasteiger partial charge in [-0.15, -0.1) is 0 Å². The lowest BCUT2D eigenvalue weighted by Gasteiger charge is -2.32. The van der Waals surface area contributed by atoms with Gasteiger partial charge in [-0.3, -0.25) is 4.79 Å². The Morgan fingerprint density at radius 3 is 2.68 bits per heavy atom. The molecular formula is C15H22N2O2. The first kappa shape index (κ1) is 13.9. The van der Waals surface area contributed by atoms with Crippen LogP contribution in [0, 0.1) is 5.92 Å². The summed E-state index contributed by atoms with van der Waals surface area (Å²) >= 11 is 0. The Morgan fingerprint density at radius 2 is 2.05 bits per heavy atom. The maximum absolute atomic E-state index is 11.5. The molecule has 0 spiro atoms. The van der Waals surface area contributed by atoms with Crippen molar-refractivity contribution in [3.05, 3.63) is 29.8 Å². The number of hydrogen-bond acceptors (Lipinski definition) is 3. The summed E-state index contributed by atoms with van der Waals surface area (Å²) in [7, 11) is 1.71. The molecule has 0 aliphatic carbocycles. The largest absolute Gasteiger partial charge is 0.496 e. The number of benzene rings is 1. The van der Waals surface area contributed by atoms with E-state index in [1.807, 2.05) is 23.1 Å². The molecule has 0 radical (unpaired) electrons. The molecule has 19 heavy (non-hydrogen) atoms. The Balaban J connectivity index is 1.90. The third-order valence-electron chi connectivity index (χ3n) is 3.84. The minimum atomic E-state index is 0.0655. The third kappa shape index (κ3) is 3.47. The fraction of sp³-hybridized carbons (Fsp3) is 0.533. The number of likely N-dealkylation sites (tertiary alicyclic amines) is 1. The molecule has 1 aliphatic heterocycles. The van der Waals surface area contributed by atoms with Crippen LogP contribution in [0.5, 0.6) is 5.75 Å². The molecule has 2 rings (SSSR count). The molecular weight excluding hydrogens is 240 g/mol. The van der Waals surface area contributed by atoms with Gasteiger partial charge in [0.1, 0.15) is 5.75 Å². The second kappa shape index (κ2) is 6.57. The number of amides is 1. The summed E-state index contributed by atoms with van der Waals surface area (Å²) in [6, 6.07) is 8.16. The van der Waals surface area contributed by atoms with Crippen molar-refractivity contribution in [2.24, 2.45) is 11.7 Å². The predicted octanol–water partition coefficient (Wildman–Crippen LogP) is 1.44. The van der Waals surface area contributed by atoms with Gasteiger partial charge in [-0.25, -0.2) is 0 Å². The van der Waals surface area contributed by atoms with Crippen LogP contribution in [-0.2, 0) is 11.2 Å². The summed E-state index contributed by atoms with van der Waals surface area (Å²) in [5, 5.41) is 0. The van der Waals surface area contributed by atoms with E-state index in [1.165, 1.54) is 5.56 Å². The summed E-state index contributed by atoms with van der Waals surface area (Å²) in [6.07, 6.45) is 3.11. The topological polar surface area (TPSA) is 55.6 Å². The van der Waals surface area contributed by atoms with E-state index in [1.54, 1.807) is 7.11 Å². The number of hydrogen-bond donors (Lipinski definition) is 1. The summed E-state index contributed by atoms with van der Waals surface area (Å²) in [6.45, 7) is 1.78. The van der Waals surface area contributed by atoms with Crippen molar-refractivity contribution in [1.82, 2.24) is 4.90 Å². The Labute approximate surface area is 114 Å². The van der Waals surface area contributed by atoms with E-state index in [0.29, 0.717) is 5.92 Å². The van der Waals surface area contributed by atoms with Gasteiger partial charge in [0, 0.05) is 13.1 Å². The number of piperidine rings is 1. The maximum Gasteiger partial charge on any atom is 0.236 e. The SMILES string of the molecule is COc1ccccc1CC1CCN(C(=O)CN)CC1. The minimum Gasteiger partial charge on any atom is -0.496 e. The molecule has 1 fully saturated rings. The number of carbonyl (C=O) groups is 1. The van der Waals surface area contributed by atoms with Crippen LogP contribution in [0.3, 0.4) is 0 Å². The molecule has 1 aromatic rings. The molecule has 0 unspecified atom stereocenters. The molecule has 0 saturated carbocycles. The van der Waals surface area contributed by atoms with Gasteiger partial charge in [0.05, 0.1) is 13.7 Å². The van der Waals surface area contributed by atoms with E-state index in [2.05, 4.69) is 6.07 Å². The number of methoxy groups -OCH3 is 1. The van der Waals surface area contributed by atoms with Crippen molar-refractivity contribution in [2.75, 3.05) is 26.7 Å². The standard InChI is InChI=1S/C15H22N2O2/c1-19-14-5-3-2-4-13(14)10-12-6-8-17(9-7-12)15(18)11-16/h2-5,12H,6-11,16H2,1H3. The second-order valence-corrected chi connectivity index (χ2v) is 5.04. The van der Waals surface area contributed by atoms with Crippen LogP contribution in [0.4, 0.5) is 0 Å². The zero-order valence-electron chi connectivity index (χ0n) is 11.5. The van der Waals surface area contributed by atoms with E-state index in [9.17, 15) is 4.79 Å². The average Bonchev–Trinajstić information content (AvgIpc) is 2.48. The molecule has 4 nitrogen and oxygen atoms in total. The Bertz CT molecular complexity index is 426. The monoisotopic (exact) mass is 262 g/mol. The summed E-state index contributed by atoms with van der Waals surface area (Å²) in [5.41, 5.74) is 6.65. The lowest BCUT2D eigenvalue weighted by Crippen LogP contribution is -2.41. The highest BCUT2D eigenvalue weighted by Crippen LogP contribution is 2.26. The van der Waals surface area contributed by atoms with Crippen molar-refractivity contribution in [3.8, 4) is 5.75 Å². The van der Waals surface area contributed by atoms with Gasteiger partial charge in [-0.1, -0.05) is 18.2 Å². The Kier molecular flexibility index (Phi) is 4.80. The first-order chi connectivity index (χ1) is 9.24. The third-order valence-corrected chi connectivity index (χ3v) is 3.84. The van der Waals surface area contributed by atoms with Gasteiger partial charge in [0.25, 0.3) is 0 Å². The van der Waals surface area contributed by atoms with E-state index in [-0.39, 0.29) is 12.5 Å². The summed E-state index contributed by atoms with van der Waals surface area (Å²) in [4.78, 5) is 13.4. The van der Waals surface area contributed by atoms with Gasteiger partial charge >= 0.3 is 0 Å². The molecule has 104 valence electrons. The molecule has 0 atom stereocenters. The van der Waals surface area contributed by atoms with Gasteiger partial charge in [-0.2, -0.15) is 0 Å². The number of rotatable bonds is 4. The summed E-state index contributed by atoms with van der Waals surface area (Å²) < 4.78 is 5.38. The first-order valence-corrected chi connectivity index (χ1v) is 6.84. The van der Waals surface area contributed by atoms with Crippen LogP contribution in [0.25, 0.3) is 0 Å². The van der Waals surface area contributed by atoms with E-state index in [0.717, 1.165) is 38.1 Å². The highest BCUT2D eigenvalue weighted by molar-refractivity contribution is 5.78. The van der Waals surface area contributed by atoms with Crippen LogP contribution < -0.4 is 10.5 Å². The Hall–Kier alpha value is -1.55. The van der Waals surface area contributed by atoms with E-state index >= 15 is 0 Å². The lowest BCUT2D eigenvalue weighted by molar-refractivity contribution is -0.131. The molecule has 1 aromatic carbocycles. The van der Waals surface area contributed by atoms with Crippen LogP contribution in [0.2, 0.25) is 0 Å². The first-order valence-electron chi connectivity index (χ1n) is 6.84. The molecule has 1 aliphatic rings. The van der Waals surface area contributed by atoms with E-state index in [4.69, 9.17) is 10.5 Å². The number of para-hydroxylation sites is 1. The number of nitrogens with two attached hydrogens (primary N) is 1. The molecule has 4 heteroatoms. The van der Waals surface area contributed by atoms with Crippen LogP contribution >= 0.6 is 0 Å². The van der Waals surface area contributed by atoms with Crippen LogP contribution in [0.15, 0.2) is 24.3 Å². The van der Waals surface area contributed by atoms with Crippen LogP contribution in [0.1, 0.15) is 18.4 Å². The van der Waals surface area contributed by atoms with Gasteiger partial charge in [0.2, 0.25) is 5.91 Å². The van der Waals surface area contributed by atoms with Gasteiger partial charge < -0.3 is 15.4 Å². The van der Waals surface area contributed by atoms with Crippen molar-refractivity contribution in [3.63, 3.8) is 0 Å². The molecule has 1 heterocycles. The second-order valence-electron chi connectivity index (χ2n) is 5.04. The zero-order valence-corrected chi connectivity index (χ0v) is 11.5. The number of ether oxygens (including phenoxy) is 1. The molecule has 0 bridgehead atoms. The highest BCUT2D eigenvalue weighted by atomic mass is 16.5. The number of nitrogens with zero attached hydrogens (tertiary/aromatic N) is 1. The predicted molar refractivity (Wildman–Crippen MR) is 75.1 cm³/mol. The smallest absolute Gasteiger partial charge is 0.236 e. The quantitative estimate of drug-likeness (QED) is 0.893. The Morgan fingerprint density at radius 1 is 1.37 bits per heavy atom. The normalized spacial score (nSPS) is 16.4. The van der Waals surface area contributed by atoms with E-state index < -0.39 is 0 Å². The molecule has 2 N–H and O–H groups in total. The number of carbonyl (C=O) groups excluding carboxylic acids is 1. The lowest BCUT2D eigenvalue weighted by atomic mass is 9.90. The van der Waals surface area contributed by atoms with Crippen molar-refractivity contribution in [1.29, 1.82) is 0 Å². The van der Waals surface area contributed by atoms with Crippen molar-refractivity contribution >= 4 is 5.91 Å². The molecule has 1 saturated heterocycles. The fourth-order valence-electron chi connectivity index (χ4n) is 2.70.